The molecule has 1 aromatic heterocycles. The average Bonchev–Trinajstić information content (AvgIpc) is 2.62. The fourth-order valence-electron chi connectivity index (χ4n) is 2.77. The van der Waals surface area contributed by atoms with Crippen LogP contribution in [0.25, 0.3) is 10.9 Å². The Morgan fingerprint density at radius 1 is 1.20 bits per heavy atom. The van der Waals surface area contributed by atoms with Crippen LogP contribution in [0.5, 0.6) is 11.5 Å². The molecule has 2 aromatic carbocycles. The van der Waals surface area contributed by atoms with E-state index in [1.165, 1.54) is 13.2 Å². The van der Waals surface area contributed by atoms with E-state index in [1.807, 2.05) is 37.3 Å². The number of nitrogens with zero attached hydrogens (tertiary/aromatic N) is 2. The van der Waals surface area contributed by atoms with Gasteiger partial charge in [0.25, 0.3) is 5.69 Å². The predicted octanol–water partition coefficient (Wildman–Crippen LogP) is 4.08. The van der Waals surface area contributed by atoms with E-state index in [1.54, 1.807) is 12.3 Å². The number of benzene rings is 2. The molecule has 0 bridgehead atoms. The van der Waals surface area contributed by atoms with Crippen LogP contribution in [0.15, 0.2) is 48.7 Å². The van der Waals surface area contributed by atoms with Crippen LogP contribution in [0.4, 0.5) is 5.69 Å². The number of hydrogen-bond donors (Lipinski definition) is 0. The first-order chi connectivity index (χ1) is 12.1. The molecular formula is C19H18N2O4. The van der Waals surface area contributed by atoms with Crippen LogP contribution in [0.2, 0.25) is 0 Å². The van der Waals surface area contributed by atoms with Gasteiger partial charge in [-0.05, 0) is 24.1 Å². The number of methoxy groups -OCH3 is 1. The molecule has 0 unspecified atom stereocenters. The van der Waals surface area contributed by atoms with E-state index in [2.05, 4.69) is 4.98 Å². The monoisotopic (exact) mass is 338 g/mol. The summed E-state index contributed by atoms with van der Waals surface area (Å²) < 4.78 is 11.3. The Balaban J connectivity index is 2.01. The zero-order valence-corrected chi connectivity index (χ0v) is 14.1. The van der Waals surface area contributed by atoms with Crippen LogP contribution in [0.3, 0.4) is 0 Å². The van der Waals surface area contributed by atoms with Crippen molar-refractivity contribution in [2.75, 3.05) is 13.7 Å². The first-order valence-electron chi connectivity index (χ1n) is 7.89. The molecule has 0 aliphatic heterocycles. The largest absolute Gasteiger partial charge is 0.493 e. The molecule has 0 amide bonds. The average molecular weight is 338 g/mol. The molecule has 0 radical (unpaired) electrons. The molecule has 1 heterocycles. The van der Waals surface area contributed by atoms with E-state index < -0.39 is 4.92 Å². The number of pyridine rings is 1. The molecule has 6 nitrogen and oxygen atoms in total. The summed E-state index contributed by atoms with van der Waals surface area (Å²) >= 11 is 0. The molecule has 0 fully saturated rings. The number of nitro groups is 1. The minimum Gasteiger partial charge on any atom is -0.493 e. The molecule has 128 valence electrons. The maximum atomic E-state index is 11.4. The number of fused-ring (bicyclic) bond motifs is 1. The van der Waals surface area contributed by atoms with Crippen molar-refractivity contribution in [1.82, 2.24) is 4.98 Å². The summed E-state index contributed by atoms with van der Waals surface area (Å²) in [6.45, 7) is 2.30. The Morgan fingerprint density at radius 2 is 1.96 bits per heavy atom. The van der Waals surface area contributed by atoms with Crippen LogP contribution < -0.4 is 9.47 Å². The van der Waals surface area contributed by atoms with Crippen LogP contribution in [-0.4, -0.2) is 23.6 Å². The van der Waals surface area contributed by atoms with Gasteiger partial charge < -0.3 is 9.47 Å². The molecule has 0 aliphatic rings. The predicted molar refractivity (Wildman–Crippen MR) is 95.3 cm³/mol. The summed E-state index contributed by atoms with van der Waals surface area (Å²) in [6.07, 6.45) is 2.28. The van der Waals surface area contributed by atoms with E-state index in [9.17, 15) is 10.1 Å². The lowest BCUT2D eigenvalue weighted by atomic mass is 10.1. The lowest BCUT2D eigenvalue weighted by molar-refractivity contribution is -0.383. The minimum atomic E-state index is -0.453. The third kappa shape index (κ3) is 3.38. The van der Waals surface area contributed by atoms with Gasteiger partial charge in [-0.25, -0.2) is 4.98 Å². The van der Waals surface area contributed by atoms with Gasteiger partial charge in [-0.15, -0.1) is 0 Å². The second kappa shape index (κ2) is 7.17. The number of nitro benzene ring substituents is 1. The molecule has 0 saturated heterocycles. The molecule has 0 aliphatic carbocycles. The quantitative estimate of drug-likeness (QED) is 0.500. The van der Waals surface area contributed by atoms with Crippen molar-refractivity contribution in [2.24, 2.45) is 0 Å². The number of non-ortho nitro benzene ring substituents is 1. The minimum absolute atomic E-state index is 0.0917. The second-order valence-corrected chi connectivity index (χ2v) is 5.62. The van der Waals surface area contributed by atoms with Gasteiger partial charge in [-0.1, -0.05) is 30.3 Å². The van der Waals surface area contributed by atoms with Crippen LogP contribution in [-0.2, 0) is 6.42 Å². The van der Waals surface area contributed by atoms with Gasteiger partial charge in [0, 0.05) is 12.6 Å². The normalized spacial score (nSPS) is 10.6. The van der Waals surface area contributed by atoms with Gasteiger partial charge in [0.05, 0.1) is 30.1 Å². The molecule has 0 spiro atoms. The van der Waals surface area contributed by atoms with E-state index in [-0.39, 0.29) is 5.69 Å². The molecule has 0 atom stereocenters. The summed E-state index contributed by atoms with van der Waals surface area (Å²) in [5.41, 5.74) is 2.22. The number of hydrogen-bond acceptors (Lipinski definition) is 5. The van der Waals surface area contributed by atoms with Crippen molar-refractivity contribution in [2.45, 2.75) is 13.3 Å². The lowest BCUT2D eigenvalue weighted by Crippen LogP contribution is -2.05. The highest BCUT2D eigenvalue weighted by Gasteiger charge is 2.23. The van der Waals surface area contributed by atoms with Gasteiger partial charge in [0.1, 0.15) is 0 Å². The first kappa shape index (κ1) is 16.7. The summed E-state index contributed by atoms with van der Waals surface area (Å²) in [5, 5.41) is 12.0. The SMILES string of the molecule is COc1cc([N+](=O)[O-])c2nccc(C)c2c1OCCc1ccccc1. The van der Waals surface area contributed by atoms with Gasteiger partial charge in [-0.3, -0.25) is 10.1 Å². The van der Waals surface area contributed by atoms with Crippen LogP contribution in [0.1, 0.15) is 11.1 Å². The molecule has 0 saturated carbocycles. The molecular weight excluding hydrogens is 320 g/mol. The second-order valence-electron chi connectivity index (χ2n) is 5.62. The third-order valence-electron chi connectivity index (χ3n) is 4.02. The fourth-order valence-corrected chi connectivity index (χ4v) is 2.77. The smallest absolute Gasteiger partial charge is 0.299 e. The fraction of sp³-hybridized carbons (Fsp3) is 0.211. The Kier molecular flexibility index (Phi) is 4.79. The Morgan fingerprint density at radius 3 is 2.64 bits per heavy atom. The van der Waals surface area contributed by atoms with E-state index >= 15 is 0 Å². The van der Waals surface area contributed by atoms with Crippen molar-refractivity contribution < 1.29 is 14.4 Å². The number of rotatable bonds is 6. The Hall–Kier alpha value is -3.15. The Bertz CT molecular complexity index is 910. The molecule has 6 heteroatoms. The standard InChI is InChI=1S/C19H18N2O4/c1-13-8-10-20-18-15(21(22)23)12-16(24-2)19(17(13)18)25-11-9-14-6-4-3-5-7-14/h3-8,10,12H,9,11H2,1-2H3. The molecule has 3 rings (SSSR count). The van der Waals surface area contributed by atoms with E-state index in [0.717, 1.165) is 17.5 Å². The van der Waals surface area contributed by atoms with Crippen LogP contribution >= 0.6 is 0 Å². The van der Waals surface area contributed by atoms with Gasteiger partial charge in [-0.2, -0.15) is 0 Å². The maximum absolute atomic E-state index is 11.4. The van der Waals surface area contributed by atoms with Crippen molar-refractivity contribution in [3.63, 3.8) is 0 Å². The molecule has 25 heavy (non-hydrogen) atoms. The van der Waals surface area contributed by atoms with Gasteiger partial charge in [0.15, 0.2) is 17.0 Å². The number of aromatic nitrogens is 1. The summed E-state index contributed by atoms with van der Waals surface area (Å²) in [5.74, 6) is 0.827. The highest BCUT2D eigenvalue weighted by atomic mass is 16.6. The zero-order valence-electron chi connectivity index (χ0n) is 14.1. The van der Waals surface area contributed by atoms with Crippen molar-refractivity contribution in [1.29, 1.82) is 0 Å². The zero-order chi connectivity index (χ0) is 17.8. The summed E-state index contributed by atoms with van der Waals surface area (Å²) in [4.78, 5) is 15.1. The highest BCUT2D eigenvalue weighted by Crippen LogP contribution is 2.41. The summed E-state index contributed by atoms with van der Waals surface area (Å²) in [6, 6.07) is 13.1. The third-order valence-corrected chi connectivity index (χ3v) is 4.02. The van der Waals surface area contributed by atoms with Crippen molar-refractivity contribution >= 4 is 16.6 Å². The molecule has 0 N–H and O–H groups in total. The Labute approximate surface area is 145 Å². The van der Waals surface area contributed by atoms with Crippen molar-refractivity contribution in [3.8, 4) is 11.5 Å². The van der Waals surface area contributed by atoms with Gasteiger partial charge in [0.2, 0.25) is 0 Å². The highest BCUT2D eigenvalue weighted by molar-refractivity contribution is 5.96. The first-order valence-corrected chi connectivity index (χ1v) is 7.89. The van der Waals surface area contributed by atoms with Crippen LogP contribution in [0, 0.1) is 17.0 Å². The topological polar surface area (TPSA) is 74.5 Å². The lowest BCUT2D eigenvalue weighted by Gasteiger charge is -2.15. The number of aryl methyl sites for hydroxylation is 1. The summed E-state index contributed by atoms with van der Waals surface area (Å²) in [7, 11) is 1.47. The molecule has 3 aromatic rings. The number of ether oxygens (including phenoxy) is 2. The van der Waals surface area contributed by atoms with Gasteiger partial charge >= 0.3 is 0 Å². The maximum Gasteiger partial charge on any atom is 0.299 e. The van der Waals surface area contributed by atoms with E-state index in [4.69, 9.17) is 9.47 Å². The van der Waals surface area contributed by atoms with E-state index in [0.29, 0.717) is 29.0 Å². The van der Waals surface area contributed by atoms with Crippen molar-refractivity contribution in [3.05, 3.63) is 69.9 Å².